The first-order chi connectivity index (χ1) is 9.88. The number of fused-ring (bicyclic) bond motifs is 1. The third-order valence-electron chi connectivity index (χ3n) is 2.92. The molecule has 0 bridgehead atoms. The van der Waals surface area contributed by atoms with Gasteiger partial charge in [0.25, 0.3) is 0 Å². The Labute approximate surface area is 121 Å². The number of nitrogens with zero attached hydrogens (tertiary/aromatic N) is 2. The summed E-state index contributed by atoms with van der Waals surface area (Å²) in [5.74, 6) is 0.263. The van der Waals surface area contributed by atoms with Gasteiger partial charge in [0.2, 0.25) is 5.89 Å². The number of aryl methyl sites for hydroxylation is 1. The number of nitrogens with two attached hydrogens (primary N) is 1. The van der Waals surface area contributed by atoms with Gasteiger partial charge in [-0.25, -0.2) is 9.97 Å². The third-order valence-corrected chi connectivity index (χ3v) is 4.09. The van der Waals surface area contributed by atoms with Crippen molar-refractivity contribution in [3.05, 3.63) is 34.5 Å². The summed E-state index contributed by atoms with van der Waals surface area (Å²) >= 11 is 1.32. The molecule has 110 valence electrons. The van der Waals surface area contributed by atoms with Gasteiger partial charge in [0, 0.05) is 6.54 Å². The second kappa shape index (κ2) is 4.81. The van der Waals surface area contributed by atoms with Crippen molar-refractivity contribution in [3.8, 4) is 10.8 Å². The zero-order chi connectivity index (χ0) is 15.2. The molecule has 0 fully saturated rings. The van der Waals surface area contributed by atoms with Crippen LogP contribution in [0.2, 0.25) is 0 Å². The van der Waals surface area contributed by atoms with Gasteiger partial charge in [-0.15, -0.1) is 11.3 Å². The molecule has 0 amide bonds. The highest BCUT2D eigenvalue weighted by Crippen LogP contribution is 2.35. The van der Waals surface area contributed by atoms with Gasteiger partial charge in [-0.1, -0.05) is 0 Å². The van der Waals surface area contributed by atoms with Crippen LogP contribution in [0.4, 0.5) is 13.2 Å². The van der Waals surface area contributed by atoms with Crippen LogP contribution in [0.25, 0.3) is 21.9 Å². The number of hydrogen-bond donors (Lipinski definition) is 1. The molecule has 2 aromatic heterocycles. The number of hydrogen-bond acceptors (Lipinski definition) is 5. The minimum absolute atomic E-state index is 0.168. The molecule has 0 radical (unpaired) electrons. The van der Waals surface area contributed by atoms with Crippen molar-refractivity contribution >= 4 is 22.4 Å². The van der Waals surface area contributed by atoms with Crippen LogP contribution in [-0.4, -0.2) is 9.97 Å². The normalized spacial score (nSPS) is 12.2. The molecule has 0 saturated carbocycles. The minimum Gasteiger partial charge on any atom is -0.435 e. The van der Waals surface area contributed by atoms with Crippen molar-refractivity contribution in [2.45, 2.75) is 19.6 Å². The topological polar surface area (TPSA) is 64.9 Å². The monoisotopic (exact) mass is 313 g/mol. The second-order valence-corrected chi connectivity index (χ2v) is 5.51. The van der Waals surface area contributed by atoms with E-state index >= 15 is 0 Å². The summed E-state index contributed by atoms with van der Waals surface area (Å²) < 4.78 is 43.5. The zero-order valence-corrected chi connectivity index (χ0v) is 11.7. The molecule has 2 heterocycles. The number of benzene rings is 1. The predicted molar refractivity (Wildman–Crippen MR) is 72.7 cm³/mol. The van der Waals surface area contributed by atoms with Gasteiger partial charge in [-0.2, -0.15) is 13.2 Å². The van der Waals surface area contributed by atoms with E-state index in [1.165, 1.54) is 17.4 Å². The summed E-state index contributed by atoms with van der Waals surface area (Å²) in [7, 11) is 0. The highest BCUT2D eigenvalue weighted by molar-refractivity contribution is 7.15. The Kier molecular flexibility index (Phi) is 3.22. The molecule has 3 rings (SSSR count). The largest absolute Gasteiger partial charge is 0.435 e. The van der Waals surface area contributed by atoms with Gasteiger partial charge in [0.05, 0.1) is 11.3 Å². The molecule has 3 aromatic rings. The third kappa shape index (κ3) is 2.52. The lowest BCUT2D eigenvalue weighted by atomic mass is 10.2. The van der Waals surface area contributed by atoms with Gasteiger partial charge in [-0.3, -0.25) is 0 Å². The Morgan fingerprint density at radius 3 is 2.67 bits per heavy atom. The first-order valence-corrected chi connectivity index (χ1v) is 6.84. The van der Waals surface area contributed by atoms with Crippen molar-refractivity contribution in [2.24, 2.45) is 5.73 Å². The highest BCUT2D eigenvalue weighted by atomic mass is 32.1. The Hall–Kier alpha value is -1.93. The van der Waals surface area contributed by atoms with Gasteiger partial charge in [-0.05, 0) is 25.1 Å². The SMILES string of the molecule is Cc1nc(CN)sc1-c1nc2cc(C(F)(F)F)ccc2o1. The maximum absolute atomic E-state index is 12.7. The summed E-state index contributed by atoms with van der Waals surface area (Å²) in [5.41, 5.74) is 5.94. The van der Waals surface area contributed by atoms with E-state index < -0.39 is 11.7 Å². The molecule has 0 atom stereocenters. The van der Waals surface area contributed by atoms with Crippen LogP contribution in [0.1, 0.15) is 16.3 Å². The summed E-state index contributed by atoms with van der Waals surface area (Å²) in [6, 6.07) is 3.22. The molecule has 0 saturated heterocycles. The number of rotatable bonds is 2. The van der Waals surface area contributed by atoms with E-state index in [1.54, 1.807) is 6.92 Å². The molecule has 0 unspecified atom stereocenters. The summed E-state index contributed by atoms with van der Waals surface area (Å²) in [5, 5.41) is 0.723. The number of thiazole rings is 1. The summed E-state index contributed by atoms with van der Waals surface area (Å²) in [6.07, 6.45) is -4.40. The van der Waals surface area contributed by atoms with Crippen LogP contribution >= 0.6 is 11.3 Å². The number of aromatic nitrogens is 2. The quantitative estimate of drug-likeness (QED) is 0.783. The lowest BCUT2D eigenvalue weighted by molar-refractivity contribution is -0.137. The van der Waals surface area contributed by atoms with E-state index in [4.69, 9.17) is 10.2 Å². The van der Waals surface area contributed by atoms with Crippen LogP contribution in [0.15, 0.2) is 22.6 Å². The predicted octanol–water partition coefficient (Wildman–Crippen LogP) is 3.74. The van der Waals surface area contributed by atoms with Gasteiger partial charge >= 0.3 is 6.18 Å². The van der Waals surface area contributed by atoms with Crippen molar-refractivity contribution < 1.29 is 17.6 Å². The molecule has 0 aliphatic carbocycles. The summed E-state index contributed by atoms with van der Waals surface area (Å²) in [6.45, 7) is 2.07. The maximum atomic E-state index is 12.7. The van der Waals surface area contributed by atoms with Crippen LogP contribution in [0, 0.1) is 6.92 Å². The van der Waals surface area contributed by atoms with E-state index in [-0.39, 0.29) is 11.4 Å². The van der Waals surface area contributed by atoms with E-state index in [0.29, 0.717) is 22.7 Å². The van der Waals surface area contributed by atoms with Crippen molar-refractivity contribution in [3.63, 3.8) is 0 Å². The molecule has 0 aliphatic rings. The van der Waals surface area contributed by atoms with Crippen molar-refractivity contribution in [2.75, 3.05) is 0 Å². The number of oxazole rings is 1. The van der Waals surface area contributed by atoms with Crippen LogP contribution in [0.3, 0.4) is 0 Å². The molecule has 0 aliphatic heterocycles. The van der Waals surface area contributed by atoms with Crippen molar-refractivity contribution in [1.82, 2.24) is 9.97 Å². The van der Waals surface area contributed by atoms with Gasteiger partial charge in [0.1, 0.15) is 15.4 Å². The Bertz CT molecular complexity index is 807. The highest BCUT2D eigenvalue weighted by Gasteiger charge is 2.31. The van der Waals surface area contributed by atoms with E-state index in [0.717, 1.165) is 17.1 Å². The Balaban J connectivity index is 2.10. The van der Waals surface area contributed by atoms with Crippen LogP contribution < -0.4 is 5.73 Å². The molecule has 21 heavy (non-hydrogen) atoms. The van der Waals surface area contributed by atoms with E-state index in [2.05, 4.69) is 9.97 Å². The van der Waals surface area contributed by atoms with E-state index in [1.807, 2.05) is 0 Å². The smallest absolute Gasteiger partial charge is 0.416 e. The molecular weight excluding hydrogens is 303 g/mol. The average molecular weight is 313 g/mol. The van der Waals surface area contributed by atoms with Crippen LogP contribution in [0.5, 0.6) is 0 Å². The lowest BCUT2D eigenvalue weighted by Crippen LogP contribution is -2.03. The van der Waals surface area contributed by atoms with Gasteiger partial charge in [0.15, 0.2) is 5.58 Å². The Morgan fingerprint density at radius 1 is 1.29 bits per heavy atom. The Morgan fingerprint density at radius 2 is 2.05 bits per heavy atom. The summed E-state index contributed by atoms with van der Waals surface area (Å²) in [4.78, 5) is 9.06. The first kappa shape index (κ1) is 14.0. The number of halogens is 3. The van der Waals surface area contributed by atoms with Crippen molar-refractivity contribution in [1.29, 1.82) is 0 Å². The molecule has 0 spiro atoms. The zero-order valence-electron chi connectivity index (χ0n) is 10.9. The second-order valence-electron chi connectivity index (χ2n) is 4.43. The van der Waals surface area contributed by atoms with Crippen LogP contribution in [-0.2, 0) is 12.7 Å². The molecular formula is C13H10F3N3OS. The fourth-order valence-electron chi connectivity index (χ4n) is 1.94. The number of alkyl halides is 3. The maximum Gasteiger partial charge on any atom is 0.416 e. The standard InChI is InChI=1S/C13H10F3N3OS/c1-6-11(21-10(5-17)18-6)12-19-8-4-7(13(14,15)16)2-3-9(8)20-12/h2-4H,5,17H2,1H3. The fourth-order valence-corrected chi connectivity index (χ4v) is 2.81. The molecule has 4 nitrogen and oxygen atoms in total. The van der Waals surface area contributed by atoms with E-state index in [9.17, 15) is 13.2 Å². The minimum atomic E-state index is -4.40. The molecule has 1 aromatic carbocycles. The molecule has 2 N–H and O–H groups in total. The molecule has 8 heteroatoms. The van der Waals surface area contributed by atoms with Gasteiger partial charge < -0.3 is 10.2 Å². The average Bonchev–Trinajstić information content (AvgIpc) is 2.99. The first-order valence-electron chi connectivity index (χ1n) is 6.03. The lowest BCUT2D eigenvalue weighted by Gasteiger charge is -2.04. The fraction of sp³-hybridized carbons (Fsp3) is 0.231.